The lowest BCUT2D eigenvalue weighted by atomic mass is 10.2. The second-order valence-corrected chi connectivity index (χ2v) is 4.63. The van der Waals surface area contributed by atoms with Crippen LogP contribution < -0.4 is 5.32 Å². The third-order valence-corrected chi connectivity index (χ3v) is 3.24. The van der Waals surface area contributed by atoms with Gasteiger partial charge in [0.25, 0.3) is 0 Å². The molecule has 1 aliphatic carbocycles. The third kappa shape index (κ3) is 2.29. The van der Waals surface area contributed by atoms with E-state index < -0.39 is 0 Å². The molecule has 0 atom stereocenters. The Bertz CT molecular complexity index is 556. The highest BCUT2D eigenvalue weighted by atomic mass is 35.5. The molecule has 0 aliphatic heterocycles. The number of halogens is 1. The first-order valence-electron chi connectivity index (χ1n) is 6.02. The van der Waals surface area contributed by atoms with E-state index in [4.69, 9.17) is 11.6 Å². The molecular weight excluding hydrogens is 248 g/mol. The monoisotopic (exact) mass is 260 g/mol. The number of aryl methyl sites for hydroxylation is 1. The van der Waals surface area contributed by atoms with E-state index in [1.165, 1.54) is 5.56 Å². The Morgan fingerprint density at radius 2 is 2.17 bits per heavy atom. The predicted molar refractivity (Wildman–Crippen MR) is 70.6 cm³/mol. The van der Waals surface area contributed by atoms with Crippen molar-refractivity contribution < 1.29 is 0 Å². The summed E-state index contributed by atoms with van der Waals surface area (Å²) < 4.78 is 0. The van der Waals surface area contributed by atoms with Gasteiger partial charge in [-0.05, 0) is 43.0 Å². The van der Waals surface area contributed by atoms with Crippen LogP contribution in [0.25, 0.3) is 0 Å². The van der Waals surface area contributed by atoms with Crippen molar-refractivity contribution in [2.24, 2.45) is 0 Å². The van der Waals surface area contributed by atoms with Crippen LogP contribution in [0.1, 0.15) is 23.4 Å². The molecule has 0 saturated heterocycles. The van der Waals surface area contributed by atoms with Crippen LogP contribution in [0.15, 0.2) is 24.4 Å². The molecule has 3 rings (SSSR count). The molecule has 92 valence electrons. The van der Waals surface area contributed by atoms with Gasteiger partial charge in [0.15, 0.2) is 0 Å². The lowest BCUT2D eigenvalue weighted by Crippen LogP contribution is -2.07. The molecule has 0 amide bonds. The first kappa shape index (κ1) is 11.4. The Morgan fingerprint density at radius 3 is 3.00 bits per heavy atom. The largest absolute Gasteiger partial charge is 0.364 e. The lowest BCUT2D eigenvalue weighted by Gasteiger charge is -2.09. The fourth-order valence-electron chi connectivity index (χ4n) is 2.23. The van der Waals surface area contributed by atoms with E-state index in [1.807, 2.05) is 18.2 Å². The van der Waals surface area contributed by atoms with Crippen LogP contribution in [0, 0.1) is 0 Å². The van der Waals surface area contributed by atoms with Crippen LogP contribution >= 0.6 is 11.6 Å². The predicted octanol–water partition coefficient (Wildman–Crippen LogP) is 2.63. The Morgan fingerprint density at radius 1 is 1.22 bits per heavy atom. The highest BCUT2D eigenvalue weighted by molar-refractivity contribution is 6.28. The van der Waals surface area contributed by atoms with E-state index in [0.29, 0.717) is 11.8 Å². The summed E-state index contributed by atoms with van der Waals surface area (Å²) in [5, 5.41) is 3.62. The summed E-state index contributed by atoms with van der Waals surface area (Å²) >= 11 is 5.93. The number of pyridine rings is 1. The van der Waals surface area contributed by atoms with Crippen molar-refractivity contribution in [2.45, 2.75) is 25.8 Å². The van der Waals surface area contributed by atoms with Crippen LogP contribution in [0.5, 0.6) is 0 Å². The molecule has 5 heteroatoms. The molecule has 0 radical (unpaired) electrons. The van der Waals surface area contributed by atoms with Crippen molar-refractivity contribution in [3.8, 4) is 0 Å². The Balaban J connectivity index is 1.81. The Hall–Kier alpha value is -1.68. The minimum absolute atomic E-state index is 0.319. The molecule has 18 heavy (non-hydrogen) atoms. The molecule has 0 unspecified atom stereocenters. The van der Waals surface area contributed by atoms with E-state index in [2.05, 4.69) is 20.3 Å². The van der Waals surface area contributed by atoms with E-state index in [9.17, 15) is 0 Å². The summed E-state index contributed by atoms with van der Waals surface area (Å²) in [5.74, 6) is 0.855. The normalized spacial score (nSPS) is 13.4. The standard InChI is InChI=1S/C13H13ClN4/c14-13-17-11-6-3-5-10(11)12(18-13)16-8-9-4-1-2-7-15-9/h1-2,4,7H,3,5-6,8H2,(H,16,17,18). The maximum absolute atomic E-state index is 5.93. The van der Waals surface area contributed by atoms with Crippen molar-refractivity contribution in [3.05, 3.63) is 46.6 Å². The zero-order valence-corrected chi connectivity index (χ0v) is 10.6. The summed E-state index contributed by atoms with van der Waals surface area (Å²) in [6.07, 6.45) is 4.93. The highest BCUT2D eigenvalue weighted by Crippen LogP contribution is 2.27. The Kier molecular flexibility index (Phi) is 3.11. The zero-order valence-electron chi connectivity index (χ0n) is 9.86. The van der Waals surface area contributed by atoms with Crippen molar-refractivity contribution in [1.82, 2.24) is 15.0 Å². The van der Waals surface area contributed by atoms with E-state index in [-0.39, 0.29) is 0 Å². The number of hydrogen-bond acceptors (Lipinski definition) is 4. The average Bonchev–Trinajstić information content (AvgIpc) is 2.85. The molecule has 2 aromatic heterocycles. The zero-order chi connectivity index (χ0) is 12.4. The van der Waals surface area contributed by atoms with Crippen LogP contribution in [-0.4, -0.2) is 15.0 Å². The maximum atomic E-state index is 5.93. The van der Waals surface area contributed by atoms with Crippen molar-refractivity contribution in [2.75, 3.05) is 5.32 Å². The van der Waals surface area contributed by atoms with Crippen molar-refractivity contribution in [3.63, 3.8) is 0 Å². The van der Waals surface area contributed by atoms with Gasteiger partial charge in [0.05, 0.1) is 17.9 Å². The van der Waals surface area contributed by atoms with E-state index in [1.54, 1.807) is 6.20 Å². The molecule has 0 fully saturated rings. The SMILES string of the molecule is Clc1nc2c(c(NCc3ccccn3)n1)CCC2. The Labute approximate surface area is 110 Å². The second kappa shape index (κ2) is 4.90. The summed E-state index contributed by atoms with van der Waals surface area (Å²) in [6.45, 7) is 0.653. The minimum Gasteiger partial charge on any atom is -0.364 e. The first-order chi connectivity index (χ1) is 8.83. The molecule has 2 aromatic rings. The molecule has 0 saturated carbocycles. The van der Waals surface area contributed by atoms with Gasteiger partial charge in [-0.15, -0.1) is 0 Å². The average molecular weight is 261 g/mol. The summed E-state index contributed by atoms with van der Waals surface area (Å²) in [5.41, 5.74) is 3.27. The van der Waals surface area contributed by atoms with Crippen molar-refractivity contribution in [1.29, 1.82) is 0 Å². The molecule has 0 bridgehead atoms. The number of hydrogen-bond donors (Lipinski definition) is 1. The smallest absolute Gasteiger partial charge is 0.224 e. The van der Waals surface area contributed by atoms with Gasteiger partial charge in [-0.25, -0.2) is 9.97 Å². The molecule has 4 nitrogen and oxygen atoms in total. The fourth-order valence-corrected chi connectivity index (χ4v) is 2.41. The number of anilines is 1. The minimum atomic E-state index is 0.319. The number of fused-ring (bicyclic) bond motifs is 1. The summed E-state index contributed by atoms with van der Waals surface area (Å²) in [6, 6.07) is 5.86. The molecule has 0 aromatic carbocycles. The molecule has 0 spiro atoms. The van der Waals surface area contributed by atoms with Gasteiger partial charge < -0.3 is 5.32 Å². The van der Waals surface area contributed by atoms with E-state index in [0.717, 1.165) is 36.5 Å². The van der Waals surface area contributed by atoms with Gasteiger partial charge in [-0.3, -0.25) is 4.98 Å². The fraction of sp³-hybridized carbons (Fsp3) is 0.308. The van der Waals surface area contributed by atoms with Gasteiger partial charge in [-0.1, -0.05) is 6.07 Å². The van der Waals surface area contributed by atoms with Gasteiger partial charge in [0.2, 0.25) is 5.28 Å². The number of rotatable bonds is 3. The van der Waals surface area contributed by atoms with Crippen LogP contribution in [0.4, 0.5) is 5.82 Å². The molecule has 1 aliphatic rings. The first-order valence-corrected chi connectivity index (χ1v) is 6.40. The maximum Gasteiger partial charge on any atom is 0.224 e. The number of aromatic nitrogens is 3. The van der Waals surface area contributed by atoms with Crippen LogP contribution in [0.2, 0.25) is 5.28 Å². The van der Waals surface area contributed by atoms with Gasteiger partial charge in [-0.2, -0.15) is 0 Å². The number of nitrogens with one attached hydrogen (secondary N) is 1. The molecule has 1 N–H and O–H groups in total. The van der Waals surface area contributed by atoms with Crippen LogP contribution in [0.3, 0.4) is 0 Å². The molecule has 2 heterocycles. The van der Waals surface area contributed by atoms with Crippen LogP contribution in [-0.2, 0) is 19.4 Å². The highest BCUT2D eigenvalue weighted by Gasteiger charge is 2.18. The van der Waals surface area contributed by atoms with Gasteiger partial charge in [0, 0.05) is 11.8 Å². The summed E-state index contributed by atoms with van der Waals surface area (Å²) in [7, 11) is 0. The van der Waals surface area contributed by atoms with Gasteiger partial charge in [0.1, 0.15) is 5.82 Å². The second-order valence-electron chi connectivity index (χ2n) is 4.29. The summed E-state index contributed by atoms with van der Waals surface area (Å²) in [4.78, 5) is 12.8. The van der Waals surface area contributed by atoms with Gasteiger partial charge >= 0.3 is 0 Å². The van der Waals surface area contributed by atoms with E-state index >= 15 is 0 Å². The lowest BCUT2D eigenvalue weighted by molar-refractivity contribution is 0.899. The molecular formula is C13H13ClN4. The quantitative estimate of drug-likeness (QED) is 0.862. The third-order valence-electron chi connectivity index (χ3n) is 3.07. The van der Waals surface area contributed by atoms with Crippen molar-refractivity contribution >= 4 is 17.4 Å². The number of nitrogens with zero attached hydrogens (tertiary/aromatic N) is 3. The topological polar surface area (TPSA) is 50.7 Å².